The molecule has 0 amide bonds. The molecule has 0 saturated heterocycles. The van der Waals surface area contributed by atoms with Crippen molar-refractivity contribution in [2.24, 2.45) is 0 Å². The van der Waals surface area contributed by atoms with Gasteiger partial charge in [-0.25, -0.2) is 9.18 Å². The Hall–Kier alpha value is -1.78. The molecule has 0 spiro atoms. The van der Waals surface area contributed by atoms with Crippen molar-refractivity contribution in [3.63, 3.8) is 0 Å². The number of aromatic carboxylic acids is 1. The lowest BCUT2D eigenvalue weighted by Crippen LogP contribution is -1.99. The highest BCUT2D eigenvalue weighted by Crippen LogP contribution is 2.39. The zero-order chi connectivity index (χ0) is 16.4. The zero-order valence-corrected chi connectivity index (χ0v) is 13.4. The van der Waals surface area contributed by atoms with E-state index in [-0.39, 0.29) is 33.0 Å². The summed E-state index contributed by atoms with van der Waals surface area (Å²) in [7, 11) is 0. The van der Waals surface area contributed by atoms with Gasteiger partial charge >= 0.3 is 5.97 Å². The molecule has 0 saturated carbocycles. The summed E-state index contributed by atoms with van der Waals surface area (Å²) in [6, 6.07) is 6.91. The molecule has 0 aliphatic heterocycles. The van der Waals surface area contributed by atoms with Crippen LogP contribution in [0, 0.1) is 5.82 Å². The van der Waals surface area contributed by atoms with E-state index in [4.69, 9.17) is 33.0 Å². The van der Waals surface area contributed by atoms with Gasteiger partial charge in [-0.05, 0) is 35.7 Å². The van der Waals surface area contributed by atoms with Crippen LogP contribution in [0.3, 0.4) is 0 Å². The van der Waals surface area contributed by atoms with Gasteiger partial charge in [0.05, 0.1) is 15.6 Å². The van der Waals surface area contributed by atoms with Gasteiger partial charge in [0.1, 0.15) is 11.6 Å². The van der Waals surface area contributed by atoms with E-state index in [0.717, 1.165) is 5.56 Å². The number of hydrogen-bond acceptors (Lipinski definition) is 2. The highest BCUT2D eigenvalue weighted by Gasteiger charge is 2.18. The van der Waals surface area contributed by atoms with Gasteiger partial charge < -0.3 is 9.84 Å². The highest BCUT2D eigenvalue weighted by atomic mass is 35.5. The Labute approximate surface area is 137 Å². The van der Waals surface area contributed by atoms with Crippen molar-refractivity contribution in [3.05, 3.63) is 57.3 Å². The van der Waals surface area contributed by atoms with Gasteiger partial charge in [-0.3, -0.25) is 0 Å². The maximum atomic E-state index is 13.7. The second-order valence-electron chi connectivity index (χ2n) is 5.02. The lowest BCUT2D eigenvalue weighted by atomic mass is 10.0. The molecular weight excluding hydrogens is 330 g/mol. The van der Waals surface area contributed by atoms with E-state index >= 15 is 0 Å². The molecule has 2 rings (SSSR count). The Balaban J connectivity index is 2.47. The number of hydrogen-bond donors (Lipinski definition) is 1. The smallest absolute Gasteiger partial charge is 0.337 e. The van der Waals surface area contributed by atoms with Crippen LogP contribution in [-0.4, -0.2) is 11.1 Å². The maximum absolute atomic E-state index is 13.7. The summed E-state index contributed by atoms with van der Waals surface area (Å²) in [6.07, 6.45) is 0. The summed E-state index contributed by atoms with van der Waals surface area (Å²) >= 11 is 12.0. The van der Waals surface area contributed by atoms with E-state index in [1.165, 1.54) is 24.3 Å². The number of rotatable bonds is 4. The predicted molar refractivity (Wildman–Crippen MR) is 84.0 cm³/mol. The van der Waals surface area contributed by atoms with Crippen LogP contribution in [0.1, 0.15) is 35.7 Å². The third-order valence-corrected chi connectivity index (χ3v) is 3.73. The van der Waals surface area contributed by atoms with Crippen molar-refractivity contribution in [1.29, 1.82) is 0 Å². The quantitative estimate of drug-likeness (QED) is 0.769. The summed E-state index contributed by atoms with van der Waals surface area (Å²) in [5.41, 5.74) is 0.609. The average Bonchev–Trinajstić information content (AvgIpc) is 2.42. The first-order valence-electron chi connectivity index (χ1n) is 6.49. The molecule has 0 heterocycles. The van der Waals surface area contributed by atoms with E-state index in [0.29, 0.717) is 0 Å². The zero-order valence-electron chi connectivity index (χ0n) is 11.9. The number of ether oxygens (including phenoxy) is 1. The molecule has 0 aliphatic rings. The van der Waals surface area contributed by atoms with Crippen LogP contribution in [-0.2, 0) is 0 Å². The van der Waals surface area contributed by atoms with Gasteiger partial charge in [-0.1, -0.05) is 37.0 Å². The Morgan fingerprint density at radius 3 is 2.50 bits per heavy atom. The molecule has 0 bridgehead atoms. The number of carboxylic acid groups (broad SMARTS) is 1. The molecule has 22 heavy (non-hydrogen) atoms. The van der Waals surface area contributed by atoms with Gasteiger partial charge in [0.15, 0.2) is 5.75 Å². The van der Waals surface area contributed by atoms with Crippen LogP contribution in [0.15, 0.2) is 30.3 Å². The summed E-state index contributed by atoms with van der Waals surface area (Å²) < 4.78 is 19.2. The molecule has 0 aromatic heterocycles. The fourth-order valence-electron chi connectivity index (χ4n) is 1.89. The van der Waals surface area contributed by atoms with Crippen LogP contribution in [0.5, 0.6) is 11.5 Å². The Kier molecular flexibility index (Phi) is 4.94. The van der Waals surface area contributed by atoms with Gasteiger partial charge in [-0.2, -0.15) is 0 Å². The molecule has 3 nitrogen and oxygen atoms in total. The first-order chi connectivity index (χ1) is 10.3. The van der Waals surface area contributed by atoms with Crippen LogP contribution < -0.4 is 4.74 Å². The number of carboxylic acids is 1. The topological polar surface area (TPSA) is 46.5 Å². The average molecular weight is 343 g/mol. The fourth-order valence-corrected chi connectivity index (χ4v) is 2.41. The molecule has 2 aromatic carbocycles. The van der Waals surface area contributed by atoms with Gasteiger partial charge in [0.25, 0.3) is 0 Å². The lowest BCUT2D eigenvalue weighted by molar-refractivity contribution is 0.0696. The fraction of sp³-hybridized carbons (Fsp3) is 0.188. The lowest BCUT2D eigenvalue weighted by Gasteiger charge is -2.13. The third kappa shape index (κ3) is 3.51. The first-order valence-corrected chi connectivity index (χ1v) is 7.24. The molecule has 2 aromatic rings. The molecule has 6 heteroatoms. The summed E-state index contributed by atoms with van der Waals surface area (Å²) in [5.74, 6) is -1.36. The number of halogens is 3. The van der Waals surface area contributed by atoms with Crippen molar-refractivity contribution in [2.45, 2.75) is 19.8 Å². The summed E-state index contributed by atoms with van der Waals surface area (Å²) in [6.45, 7) is 3.84. The molecule has 0 radical (unpaired) electrons. The molecule has 0 atom stereocenters. The Morgan fingerprint density at radius 1 is 1.23 bits per heavy atom. The van der Waals surface area contributed by atoms with E-state index < -0.39 is 11.8 Å². The van der Waals surface area contributed by atoms with E-state index in [2.05, 4.69) is 0 Å². The standard InChI is InChI=1S/C16H13Cl2FO3/c1-8(2)9-5-10(19)7-11(6-9)22-15-13(17)4-3-12(14(15)18)16(20)21/h3-8H,1-2H3,(H,20,21). The van der Waals surface area contributed by atoms with Crippen molar-refractivity contribution < 1.29 is 19.0 Å². The SMILES string of the molecule is CC(C)c1cc(F)cc(Oc2c(Cl)ccc(C(=O)O)c2Cl)c1. The molecule has 0 unspecified atom stereocenters. The van der Waals surface area contributed by atoms with Gasteiger partial charge in [-0.15, -0.1) is 0 Å². The molecule has 0 fully saturated rings. The Morgan fingerprint density at radius 2 is 1.91 bits per heavy atom. The van der Waals surface area contributed by atoms with Gasteiger partial charge in [0, 0.05) is 6.07 Å². The van der Waals surface area contributed by atoms with E-state index in [9.17, 15) is 9.18 Å². The molecule has 116 valence electrons. The van der Waals surface area contributed by atoms with Crippen molar-refractivity contribution in [1.82, 2.24) is 0 Å². The second kappa shape index (κ2) is 6.55. The van der Waals surface area contributed by atoms with Crippen LogP contribution >= 0.6 is 23.2 Å². The monoisotopic (exact) mass is 342 g/mol. The van der Waals surface area contributed by atoms with Crippen molar-refractivity contribution in [3.8, 4) is 11.5 Å². The van der Waals surface area contributed by atoms with Crippen LogP contribution in [0.2, 0.25) is 10.0 Å². The summed E-state index contributed by atoms with van der Waals surface area (Å²) in [5, 5.41) is 9.08. The van der Waals surface area contributed by atoms with Gasteiger partial charge in [0.2, 0.25) is 0 Å². The van der Waals surface area contributed by atoms with E-state index in [1.807, 2.05) is 13.8 Å². The van der Waals surface area contributed by atoms with Crippen LogP contribution in [0.4, 0.5) is 4.39 Å². The first kappa shape index (κ1) is 16.6. The largest absolute Gasteiger partial charge is 0.478 e. The van der Waals surface area contributed by atoms with Crippen LogP contribution in [0.25, 0.3) is 0 Å². The molecule has 1 N–H and O–H groups in total. The number of carbonyl (C=O) groups is 1. The maximum Gasteiger partial charge on any atom is 0.337 e. The highest BCUT2D eigenvalue weighted by molar-refractivity contribution is 6.39. The van der Waals surface area contributed by atoms with Crippen molar-refractivity contribution >= 4 is 29.2 Å². The molecule has 0 aliphatic carbocycles. The second-order valence-corrected chi connectivity index (χ2v) is 5.81. The van der Waals surface area contributed by atoms with E-state index in [1.54, 1.807) is 6.07 Å². The third-order valence-electron chi connectivity index (χ3n) is 3.06. The summed E-state index contributed by atoms with van der Waals surface area (Å²) in [4.78, 5) is 11.1. The Bertz CT molecular complexity index is 730. The molecular formula is C16H13Cl2FO3. The minimum Gasteiger partial charge on any atom is -0.478 e. The normalized spacial score (nSPS) is 10.8. The minimum atomic E-state index is -1.20. The predicted octanol–water partition coefficient (Wildman–Crippen LogP) is 5.75. The number of benzene rings is 2. The van der Waals surface area contributed by atoms with Crippen molar-refractivity contribution in [2.75, 3.05) is 0 Å². The minimum absolute atomic E-state index is 0.0106.